The standard InChI is InChI=1S/C18H17BN/c1-20(2)18-11-9-16(10-12-18)19-17-8-7-14-5-3-4-6-15(14)13-17/h3-13H,1-2H3. The Kier molecular flexibility index (Phi) is 3.47. The van der Waals surface area contributed by atoms with E-state index < -0.39 is 0 Å². The summed E-state index contributed by atoms with van der Waals surface area (Å²) in [5.74, 6) is 0. The van der Waals surface area contributed by atoms with Gasteiger partial charge in [-0.25, -0.2) is 0 Å². The first kappa shape index (κ1) is 12.8. The van der Waals surface area contributed by atoms with E-state index in [2.05, 4.69) is 93.0 Å². The van der Waals surface area contributed by atoms with Crippen molar-refractivity contribution in [3.8, 4) is 0 Å². The fourth-order valence-corrected chi connectivity index (χ4v) is 2.36. The van der Waals surface area contributed by atoms with Crippen LogP contribution in [0.2, 0.25) is 0 Å². The Morgan fingerprint density at radius 1 is 0.700 bits per heavy atom. The molecule has 97 valence electrons. The van der Waals surface area contributed by atoms with Crippen molar-refractivity contribution in [2.24, 2.45) is 0 Å². The van der Waals surface area contributed by atoms with Crippen LogP contribution in [0.1, 0.15) is 0 Å². The van der Waals surface area contributed by atoms with Crippen molar-refractivity contribution < 1.29 is 0 Å². The lowest BCUT2D eigenvalue weighted by Gasteiger charge is -2.12. The van der Waals surface area contributed by atoms with Crippen molar-refractivity contribution in [1.29, 1.82) is 0 Å². The Morgan fingerprint density at radius 2 is 1.35 bits per heavy atom. The minimum absolute atomic E-state index is 1.22. The van der Waals surface area contributed by atoms with Gasteiger partial charge in [-0.05, 0) is 22.9 Å². The van der Waals surface area contributed by atoms with Crippen LogP contribution < -0.4 is 15.8 Å². The molecule has 0 N–H and O–H groups in total. The molecule has 3 rings (SSSR count). The first-order valence-electron chi connectivity index (χ1n) is 6.83. The van der Waals surface area contributed by atoms with Crippen molar-refractivity contribution in [2.45, 2.75) is 0 Å². The SMILES string of the molecule is CN(C)c1ccc([B]c2ccc3ccccc3c2)cc1. The third kappa shape index (κ3) is 2.69. The van der Waals surface area contributed by atoms with Gasteiger partial charge in [0, 0.05) is 19.8 Å². The van der Waals surface area contributed by atoms with Gasteiger partial charge in [0.15, 0.2) is 7.28 Å². The third-order valence-electron chi connectivity index (χ3n) is 3.52. The molecule has 2 heteroatoms. The summed E-state index contributed by atoms with van der Waals surface area (Å²) < 4.78 is 0. The summed E-state index contributed by atoms with van der Waals surface area (Å²) in [4.78, 5) is 2.11. The van der Waals surface area contributed by atoms with Crippen LogP contribution in [-0.4, -0.2) is 21.4 Å². The number of fused-ring (bicyclic) bond motifs is 1. The van der Waals surface area contributed by atoms with E-state index in [1.54, 1.807) is 0 Å². The molecule has 0 bridgehead atoms. The van der Waals surface area contributed by atoms with Crippen LogP contribution in [0.25, 0.3) is 10.8 Å². The van der Waals surface area contributed by atoms with E-state index in [1.165, 1.54) is 27.4 Å². The number of nitrogens with zero attached hydrogens (tertiary/aromatic N) is 1. The lowest BCUT2D eigenvalue weighted by atomic mass is 9.64. The molecule has 0 aliphatic heterocycles. The van der Waals surface area contributed by atoms with E-state index in [1.807, 2.05) is 0 Å². The summed E-state index contributed by atoms with van der Waals surface area (Å²) in [5, 5.41) is 2.57. The molecule has 0 saturated heterocycles. The maximum Gasteiger partial charge on any atom is 0.191 e. The Morgan fingerprint density at radius 3 is 2.05 bits per heavy atom. The van der Waals surface area contributed by atoms with E-state index >= 15 is 0 Å². The summed E-state index contributed by atoms with van der Waals surface area (Å²) in [6.45, 7) is 0. The maximum absolute atomic E-state index is 2.23. The van der Waals surface area contributed by atoms with E-state index in [-0.39, 0.29) is 0 Å². The van der Waals surface area contributed by atoms with Crippen molar-refractivity contribution in [3.05, 3.63) is 66.7 Å². The topological polar surface area (TPSA) is 3.24 Å². The van der Waals surface area contributed by atoms with Gasteiger partial charge in [0.1, 0.15) is 0 Å². The van der Waals surface area contributed by atoms with Gasteiger partial charge >= 0.3 is 0 Å². The second kappa shape index (κ2) is 5.42. The third-order valence-corrected chi connectivity index (χ3v) is 3.52. The molecule has 1 nitrogen and oxygen atoms in total. The summed E-state index contributed by atoms with van der Waals surface area (Å²) in [6, 6.07) is 23.6. The molecule has 0 spiro atoms. The fourth-order valence-electron chi connectivity index (χ4n) is 2.36. The maximum atomic E-state index is 2.23. The lowest BCUT2D eigenvalue weighted by Crippen LogP contribution is -2.26. The van der Waals surface area contributed by atoms with Crippen LogP contribution in [0.5, 0.6) is 0 Å². The number of rotatable bonds is 3. The smallest absolute Gasteiger partial charge is 0.191 e. The highest BCUT2D eigenvalue weighted by atomic mass is 15.1. The van der Waals surface area contributed by atoms with Gasteiger partial charge in [-0.1, -0.05) is 65.5 Å². The quantitative estimate of drug-likeness (QED) is 0.652. The van der Waals surface area contributed by atoms with Crippen molar-refractivity contribution in [2.75, 3.05) is 19.0 Å². The molecule has 0 aliphatic rings. The second-order valence-electron chi connectivity index (χ2n) is 5.24. The monoisotopic (exact) mass is 258 g/mol. The molecule has 3 aromatic carbocycles. The van der Waals surface area contributed by atoms with Crippen LogP contribution in [0.15, 0.2) is 66.7 Å². The molecule has 0 saturated carbocycles. The van der Waals surface area contributed by atoms with Crippen LogP contribution in [0.4, 0.5) is 5.69 Å². The van der Waals surface area contributed by atoms with E-state index in [9.17, 15) is 0 Å². The highest BCUT2D eigenvalue weighted by Gasteiger charge is 2.01. The van der Waals surface area contributed by atoms with Crippen molar-refractivity contribution in [1.82, 2.24) is 0 Å². The molecule has 0 aromatic heterocycles. The first-order chi connectivity index (χ1) is 9.72. The average Bonchev–Trinajstić information content (AvgIpc) is 2.48. The highest BCUT2D eigenvalue weighted by Crippen LogP contribution is 2.11. The van der Waals surface area contributed by atoms with Crippen molar-refractivity contribution >= 4 is 34.7 Å². The fraction of sp³-hybridized carbons (Fsp3) is 0.111. The van der Waals surface area contributed by atoms with Gasteiger partial charge in [-0.15, -0.1) is 0 Å². The Bertz CT molecular complexity index is 717. The highest BCUT2D eigenvalue weighted by molar-refractivity contribution is 6.67. The van der Waals surface area contributed by atoms with E-state index in [0.717, 1.165) is 0 Å². The van der Waals surface area contributed by atoms with Crippen LogP contribution >= 0.6 is 0 Å². The largest absolute Gasteiger partial charge is 0.378 e. The lowest BCUT2D eigenvalue weighted by molar-refractivity contribution is 1.13. The molecular weight excluding hydrogens is 241 g/mol. The summed E-state index contributed by atoms with van der Waals surface area (Å²) >= 11 is 0. The van der Waals surface area contributed by atoms with Gasteiger partial charge < -0.3 is 4.90 Å². The minimum Gasteiger partial charge on any atom is -0.378 e. The second-order valence-corrected chi connectivity index (χ2v) is 5.24. The summed E-state index contributed by atoms with van der Waals surface area (Å²) in [5.41, 5.74) is 3.69. The van der Waals surface area contributed by atoms with Crippen LogP contribution in [0, 0.1) is 0 Å². The molecule has 0 heterocycles. The Labute approximate surface area is 121 Å². The van der Waals surface area contributed by atoms with Gasteiger partial charge in [-0.3, -0.25) is 0 Å². The molecule has 1 radical (unpaired) electrons. The van der Waals surface area contributed by atoms with E-state index in [0.29, 0.717) is 0 Å². The predicted octanol–water partition coefficient (Wildman–Crippen LogP) is 2.56. The number of hydrogen-bond acceptors (Lipinski definition) is 1. The van der Waals surface area contributed by atoms with Crippen molar-refractivity contribution in [3.63, 3.8) is 0 Å². The molecule has 0 amide bonds. The first-order valence-corrected chi connectivity index (χ1v) is 6.83. The molecule has 0 aliphatic carbocycles. The molecular formula is C18H17BN. The predicted molar refractivity (Wildman–Crippen MR) is 89.7 cm³/mol. The molecule has 0 atom stereocenters. The zero-order valence-corrected chi connectivity index (χ0v) is 11.9. The van der Waals surface area contributed by atoms with Crippen LogP contribution in [0.3, 0.4) is 0 Å². The van der Waals surface area contributed by atoms with Gasteiger partial charge in [-0.2, -0.15) is 0 Å². The Hall–Kier alpha value is -2.22. The average molecular weight is 258 g/mol. The van der Waals surface area contributed by atoms with Crippen LogP contribution in [-0.2, 0) is 0 Å². The Balaban J connectivity index is 1.85. The molecule has 0 unspecified atom stereocenters. The minimum atomic E-state index is 1.22. The molecule has 0 fully saturated rings. The number of hydrogen-bond donors (Lipinski definition) is 0. The zero-order chi connectivity index (χ0) is 13.9. The van der Waals surface area contributed by atoms with Gasteiger partial charge in [0.25, 0.3) is 0 Å². The normalized spacial score (nSPS) is 10.5. The van der Waals surface area contributed by atoms with Gasteiger partial charge in [0.2, 0.25) is 0 Å². The van der Waals surface area contributed by atoms with E-state index in [4.69, 9.17) is 0 Å². The summed E-state index contributed by atoms with van der Waals surface area (Å²) in [6.07, 6.45) is 0. The zero-order valence-electron chi connectivity index (χ0n) is 11.9. The number of anilines is 1. The summed E-state index contributed by atoms with van der Waals surface area (Å²) in [7, 11) is 6.33. The van der Waals surface area contributed by atoms with Gasteiger partial charge in [0.05, 0.1) is 0 Å². The number of benzene rings is 3. The molecule has 20 heavy (non-hydrogen) atoms. The molecule has 3 aromatic rings.